The van der Waals surface area contributed by atoms with Crippen molar-refractivity contribution in [2.24, 2.45) is 0 Å². The van der Waals surface area contributed by atoms with Crippen molar-refractivity contribution in [1.82, 2.24) is 20.2 Å². The number of nitrogens with zero attached hydrogens (tertiary/aromatic N) is 3. The van der Waals surface area contributed by atoms with Crippen molar-refractivity contribution in [2.45, 2.75) is 13.0 Å². The third-order valence-electron chi connectivity index (χ3n) is 3.02. The minimum absolute atomic E-state index is 0.156. The fraction of sp³-hybridized carbons (Fsp3) is 0.357. The lowest BCUT2D eigenvalue weighted by Crippen LogP contribution is -2.34. The Bertz CT molecular complexity index is 551. The van der Waals surface area contributed by atoms with Crippen molar-refractivity contribution < 1.29 is 4.79 Å². The highest BCUT2D eigenvalue weighted by Gasteiger charge is 2.16. The minimum Gasteiger partial charge on any atom is -0.349 e. The molecule has 2 aromatic heterocycles. The van der Waals surface area contributed by atoms with Gasteiger partial charge in [0.2, 0.25) is 0 Å². The van der Waals surface area contributed by atoms with Crippen LogP contribution >= 0.6 is 11.3 Å². The molecule has 1 N–H and O–H groups in total. The lowest BCUT2D eigenvalue weighted by atomic mass is 10.1. The molecule has 6 heteroatoms. The zero-order valence-corrected chi connectivity index (χ0v) is 12.6. The molecule has 0 fully saturated rings. The molecule has 0 saturated heterocycles. The predicted molar refractivity (Wildman–Crippen MR) is 79.8 cm³/mol. The summed E-state index contributed by atoms with van der Waals surface area (Å²) in [5.41, 5.74) is 2.35. The predicted octanol–water partition coefficient (Wildman–Crippen LogP) is 1.88. The van der Waals surface area contributed by atoms with Gasteiger partial charge in [-0.25, -0.2) is 4.98 Å². The maximum atomic E-state index is 12.0. The van der Waals surface area contributed by atoms with Gasteiger partial charge in [0.15, 0.2) is 0 Å². The van der Waals surface area contributed by atoms with Gasteiger partial charge in [0, 0.05) is 12.7 Å². The van der Waals surface area contributed by atoms with Gasteiger partial charge >= 0.3 is 0 Å². The molecule has 2 rings (SSSR count). The molecule has 1 amide bonds. The van der Waals surface area contributed by atoms with Gasteiger partial charge in [-0.15, -0.1) is 0 Å². The summed E-state index contributed by atoms with van der Waals surface area (Å²) >= 11 is 1.66. The van der Waals surface area contributed by atoms with Crippen LogP contribution in [0, 0.1) is 6.92 Å². The minimum atomic E-state index is -0.195. The number of aryl methyl sites for hydroxylation is 1. The van der Waals surface area contributed by atoms with Crippen molar-refractivity contribution in [3.05, 3.63) is 46.2 Å². The van der Waals surface area contributed by atoms with Gasteiger partial charge in [-0.05, 0) is 43.4 Å². The van der Waals surface area contributed by atoms with E-state index >= 15 is 0 Å². The number of likely N-dealkylation sites (N-methyl/N-ethyl adjacent to an activating group) is 1. The molecule has 0 aliphatic carbocycles. The summed E-state index contributed by atoms with van der Waals surface area (Å²) in [6.07, 6.45) is 3.09. The Morgan fingerprint density at radius 1 is 1.40 bits per heavy atom. The molecule has 0 aliphatic heterocycles. The van der Waals surface area contributed by atoms with Crippen LogP contribution in [0.2, 0.25) is 0 Å². The van der Waals surface area contributed by atoms with Crippen LogP contribution in [0.15, 0.2) is 29.2 Å². The first kappa shape index (κ1) is 14.6. The molecule has 20 heavy (non-hydrogen) atoms. The Labute approximate surface area is 122 Å². The van der Waals surface area contributed by atoms with E-state index in [9.17, 15) is 4.79 Å². The monoisotopic (exact) mass is 290 g/mol. The van der Waals surface area contributed by atoms with Gasteiger partial charge in [-0.2, -0.15) is 11.3 Å². The molecule has 106 valence electrons. The van der Waals surface area contributed by atoms with E-state index in [-0.39, 0.29) is 11.9 Å². The molecule has 0 unspecified atom stereocenters. The van der Waals surface area contributed by atoms with E-state index in [2.05, 4.69) is 31.6 Å². The van der Waals surface area contributed by atoms with Crippen molar-refractivity contribution >= 4 is 17.2 Å². The van der Waals surface area contributed by atoms with Crippen LogP contribution in [0.4, 0.5) is 0 Å². The molecule has 0 aromatic carbocycles. The fourth-order valence-electron chi connectivity index (χ4n) is 1.85. The molecule has 5 nitrogen and oxygen atoms in total. The molecule has 0 aliphatic rings. The normalized spacial score (nSPS) is 12.4. The van der Waals surface area contributed by atoms with E-state index in [1.54, 1.807) is 17.5 Å². The highest BCUT2D eigenvalue weighted by Crippen LogP contribution is 2.19. The van der Waals surface area contributed by atoms with Crippen LogP contribution in [-0.4, -0.2) is 41.4 Å². The van der Waals surface area contributed by atoms with Crippen LogP contribution in [0.25, 0.3) is 0 Å². The van der Waals surface area contributed by atoms with Crippen molar-refractivity contribution in [3.63, 3.8) is 0 Å². The Kier molecular flexibility index (Phi) is 4.81. The van der Waals surface area contributed by atoms with Crippen molar-refractivity contribution in [2.75, 3.05) is 20.6 Å². The van der Waals surface area contributed by atoms with E-state index in [0.717, 1.165) is 5.69 Å². The SMILES string of the molecule is Cc1cnc(C(=O)NC[C@@H](c2ccsc2)N(C)C)cn1. The molecular formula is C14H18N4OS. The van der Waals surface area contributed by atoms with E-state index in [4.69, 9.17) is 0 Å². The summed E-state index contributed by atoms with van der Waals surface area (Å²) in [4.78, 5) is 22.3. The third-order valence-corrected chi connectivity index (χ3v) is 3.72. The summed E-state index contributed by atoms with van der Waals surface area (Å²) in [6, 6.07) is 2.23. The van der Waals surface area contributed by atoms with Gasteiger partial charge in [0.1, 0.15) is 5.69 Å². The average Bonchev–Trinajstić information content (AvgIpc) is 2.93. The molecule has 0 bridgehead atoms. The van der Waals surface area contributed by atoms with Crippen LogP contribution in [0.5, 0.6) is 0 Å². The van der Waals surface area contributed by atoms with Gasteiger partial charge < -0.3 is 10.2 Å². The molecule has 2 heterocycles. The number of carbonyl (C=O) groups is 1. The smallest absolute Gasteiger partial charge is 0.271 e. The third kappa shape index (κ3) is 3.61. The number of aromatic nitrogens is 2. The average molecular weight is 290 g/mol. The lowest BCUT2D eigenvalue weighted by Gasteiger charge is -2.23. The number of amides is 1. The summed E-state index contributed by atoms with van der Waals surface area (Å²) in [5.74, 6) is -0.195. The van der Waals surface area contributed by atoms with Gasteiger partial charge in [0.05, 0.1) is 17.9 Å². The molecule has 2 aromatic rings. The Morgan fingerprint density at radius 2 is 2.20 bits per heavy atom. The number of hydrogen-bond acceptors (Lipinski definition) is 5. The van der Waals surface area contributed by atoms with E-state index in [1.807, 2.05) is 26.4 Å². The molecule has 1 atom stereocenters. The van der Waals surface area contributed by atoms with Crippen LogP contribution in [0.1, 0.15) is 27.8 Å². The summed E-state index contributed by atoms with van der Waals surface area (Å²) in [6.45, 7) is 2.38. The zero-order chi connectivity index (χ0) is 14.5. The Balaban J connectivity index is 1.99. The van der Waals surface area contributed by atoms with Gasteiger partial charge in [0.25, 0.3) is 5.91 Å². The first-order chi connectivity index (χ1) is 9.58. The molecule has 0 saturated carbocycles. The van der Waals surface area contributed by atoms with Crippen LogP contribution in [-0.2, 0) is 0 Å². The Hall–Kier alpha value is -1.79. The first-order valence-electron chi connectivity index (χ1n) is 6.33. The maximum absolute atomic E-state index is 12.0. The molecule has 0 radical (unpaired) electrons. The second-order valence-electron chi connectivity index (χ2n) is 4.79. The number of carbonyl (C=O) groups excluding carboxylic acids is 1. The van der Waals surface area contributed by atoms with Gasteiger partial charge in [-0.1, -0.05) is 0 Å². The van der Waals surface area contributed by atoms with Crippen LogP contribution in [0.3, 0.4) is 0 Å². The zero-order valence-electron chi connectivity index (χ0n) is 11.8. The quantitative estimate of drug-likeness (QED) is 0.913. The van der Waals surface area contributed by atoms with Crippen LogP contribution < -0.4 is 5.32 Å². The van der Waals surface area contributed by atoms with E-state index in [1.165, 1.54) is 11.8 Å². The maximum Gasteiger partial charge on any atom is 0.271 e. The molecular weight excluding hydrogens is 272 g/mol. The lowest BCUT2D eigenvalue weighted by molar-refractivity contribution is 0.0936. The second-order valence-corrected chi connectivity index (χ2v) is 5.57. The number of hydrogen-bond donors (Lipinski definition) is 1. The van der Waals surface area contributed by atoms with Gasteiger partial charge in [-0.3, -0.25) is 9.78 Å². The highest BCUT2D eigenvalue weighted by molar-refractivity contribution is 7.07. The van der Waals surface area contributed by atoms with E-state index < -0.39 is 0 Å². The largest absolute Gasteiger partial charge is 0.349 e. The first-order valence-corrected chi connectivity index (χ1v) is 7.27. The van der Waals surface area contributed by atoms with Crippen molar-refractivity contribution in [1.29, 1.82) is 0 Å². The van der Waals surface area contributed by atoms with Crippen molar-refractivity contribution in [3.8, 4) is 0 Å². The summed E-state index contributed by atoms with van der Waals surface area (Å²) in [5, 5.41) is 7.05. The Morgan fingerprint density at radius 3 is 2.75 bits per heavy atom. The number of nitrogens with one attached hydrogen (secondary N) is 1. The summed E-state index contributed by atoms with van der Waals surface area (Å²) in [7, 11) is 4.00. The van der Waals surface area contributed by atoms with E-state index in [0.29, 0.717) is 12.2 Å². The second kappa shape index (κ2) is 6.58. The topological polar surface area (TPSA) is 58.1 Å². The fourth-order valence-corrected chi connectivity index (χ4v) is 2.56. The highest BCUT2D eigenvalue weighted by atomic mass is 32.1. The number of rotatable bonds is 5. The number of thiophene rings is 1. The summed E-state index contributed by atoms with van der Waals surface area (Å²) < 4.78 is 0. The standard InChI is InChI=1S/C14H18N4OS/c1-10-6-16-12(7-15-10)14(19)17-8-13(18(2)3)11-4-5-20-9-11/h4-7,9,13H,8H2,1-3H3,(H,17,19)/t13-/m0/s1. The molecule has 0 spiro atoms.